The molecule has 49 heavy (non-hydrogen) atoms. The number of aliphatic carboxylic acids is 2. The summed E-state index contributed by atoms with van der Waals surface area (Å²) in [5, 5.41) is 17.6. The Balaban J connectivity index is 0.000000392. The van der Waals surface area contributed by atoms with E-state index in [0.29, 0.717) is 5.65 Å². The Kier molecular flexibility index (Phi) is 13.4. The molecule has 0 bridgehead atoms. The third-order valence-electron chi connectivity index (χ3n) is 7.25. The molecule has 4 aromatic rings. The Morgan fingerprint density at radius 1 is 0.796 bits per heavy atom. The summed E-state index contributed by atoms with van der Waals surface area (Å²) in [6, 6.07) is 22.9. The number of carboxylic acids is 2. The van der Waals surface area contributed by atoms with E-state index in [9.17, 15) is 26.3 Å². The fourth-order valence-corrected chi connectivity index (χ4v) is 4.62. The summed E-state index contributed by atoms with van der Waals surface area (Å²) in [4.78, 5) is 39.0. The van der Waals surface area contributed by atoms with Gasteiger partial charge in [-0.3, -0.25) is 0 Å². The van der Waals surface area contributed by atoms with Crippen LogP contribution in [0, 0.1) is 0 Å². The Labute approximate surface area is 277 Å². The number of carboxylic acid groups (broad SMARTS) is 2. The molecule has 1 aliphatic heterocycles. The Morgan fingerprint density at radius 2 is 1.31 bits per heavy atom. The number of hydrogen-bond acceptors (Lipinski definition) is 9. The van der Waals surface area contributed by atoms with Crippen molar-refractivity contribution in [1.29, 1.82) is 0 Å². The molecule has 4 N–H and O–H groups in total. The molecule has 11 nitrogen and oxygen atoms in total. The van der Waals surface area contributed by atoms with Crippen molar-refractivity contribution >= 4 is 28.9 Å². The number of likely N-dealkylation sites (N-methyl/N-ethyl adjacent to an activating group) is 1. The number of carbonyl (C=O) groups is 2. The van der Waals surface area contributed by atoms with Crippen LogP contribution in [0.2, 0.25) is 0 Å². The van der Waals surface area contributed by atoms with Gasteiger partial charge in [0.1, 0.15) is 23.3 Å². The first-order valence-electron chi connectivity index (χ1n) is 14.9. The molecule has 5 rings (SSSR count). The second kappa shape index (κ2) is 17.0. The number of anilines is 1. The van der Waals surface area contributed by atoms with Gasteiger partial charge in [0, 0.05) is 23.2 Å². The van der Waals surface area contributed by atoms with Gasteiger partial charge in [-0.2, -0.15) is 26.3 Å². The van der Waals surface area contributed by atoms with Crippen molar-refractivity contribution in [1.82, 2.24) is 19.9 Å². The summed E-state index contributed by atoms with van der Waals surface area (Å²) in [6.45, 7) is 7.38. The molecular formula is C32H35F6N7O4. The lowest BCUT2D eigenvalue weighted by atomic mass is 10.0. The monoisotopic (exact) mass is 695 g/mol. The number of quaternary nitrogens is 2. The number of benzene rings is 2. The number of hydrogen-bond donors (Lipinski definition) is 2. The minimum absolute atomic E-state index is 0.695. The predicted molar refractivity (Wildman–Crippen MR) is 163 cm³/mol. The van der Waals surface area contributed by atoms with Crippen molar-refractivity contribution in [2.75, 3.05) is 58.3 Å². The van der Waals surface area contributed by atoms with Gasteiger partial charge in [-0.15, -0.1) is 0 Å². The molecule has 0 amide bonds. The quantitative estimate of drug-likeness (QED) is 0.254. The number of halogens is 6. The molecule has 0 aliphatic carbocycles. The van der Waals surface area contributed by atoms with E-state index in [0.717, 1.165) is 73.1 Å². The number of nitrogens with zero attached hydrogens (tertiary/aromatic N) is 5. The second-order valence-corrected chi connectivity index (χ2v) is 11.1. The van der Waals surface area contributed by atoms with E-state index < -0.39 is 24.3 Å². The summed E-state index contributed by atoms with van der Waals surface area (Å²) in [6.07, 6.45) is -10.4. The number of carbonyl (C=O) groups excluding carboxylic acids is 2. The summed E-state index contributed by atoms with van der Waals surface area (Å²) < 4.78 is 63.1. The molecule has 0 unspecified atom stereocenters. The van der Waals surface area contributed by atoms with Crippen LogP contribution in [0.5, 0.6) is 0 Å². The summed E-state index contributed by atoms with van der Waals surface area (Å²) >= 11 is 0. The van der Waals surface area contributed by atoms with Crippen LogP contribution >= 0.6 is 0 Å². The summed E-state index contributed by atoms with van der Waals surface area (Å²) in [7, 11) is 4.28. The van der Waals surface area contributed by atoms with Crippen LogP contribution < -0.4 is 25.7 Å². The molecule has 0 radical (unpaired) electrons. The van der Waals surface area contributed by atoms with E-state index in [1.54, 1.807) is 4.90 Å². The number of pyridine rings is 1. The smallest absolute Gasteiger partial charge is 0.430 e. The fraction of sp³-hybridized carbons (Fsp3) is 0.344. The van der Waals surface area contributed by atoms with Crippen molar-refractivity contribution in [2.24, 2.45) is 0 Å². The number of fused-ring (bicyclic) bond motifs is 1. The average Bonchev–Trinajstić information content (AvgIpc) is 3.07. The highest BCUT2D eigenvalue weighted by Gasteiger charge is 2.29. The first-order valence-corrected chi connectivity index (χ1v) is 14.9. The molecule has 264 valence electrons. The molecule has 2 aromatic heterocycles. The van der Waals surface area contributed by atoms with Crippen LogP contribution in [0.4, 0.5) is 32.2 Å². The molecule has 17 heteroatoms. The lowest BCUT2D eigenvalue weighted by Crippen LogP contribution is -3.15. The number of nitrogens with one attached hydrogen (secondary N) is 1. The molecule has 0 atom stereocenters. The molecule has 0 saturated carbocycles. The van der Waals surface area contributed by atoms with Crippen molar-refractivity contribution in [3.63, 3.8) is 0 Å². The van der Waals surface area contributed by atoms with Gasteiger partial charge in [-0.05, 0) is 26.2 Å². The van der Waals surface area contributed by atoms with E-state index >= 15 is 0 Å². The van der Waals surface area contributed by atoms with Gasteiger partial charge in [0.15, 0.2) is 5.65 Å². The van der Waals surface area contributed by atoms with Crippen LogP contribution in [-0.4, -0.2) is 97.5 Å². The van der Waals surface area contributed by atoms with Gasteiger partial charge >= 0.3 is 12.4 Å². The molecule has 0 spiro atoms. The maximum absolute atomic E-state index is 10.5. The van der Waals surface area contributed by atoms with E-state index in [1.807, 2.05) is 18.2 Å². The van der Waals surface area contributed by atoms with E-state index in [1.165, 1.54) is 12.1 Å². The Hall–Kier alpha value is -4.87. The largest absolute Gasteiger partial charge is 0.542 e. The maximum Gasteiger partial charge on any atom is 0.430 e. The van der Waals surface area contributed by atoms with Crippen molar-refractivity contribution in [2.45, 2.75) is 18.9 Å². The maximum atomic E-state index is 10.5. The SMILES string of the molecule is CN(C)CC[NH+]1CCN(c2ccc3nc(-c4ccccc4)c(-c4ccc(C[NH3+])cc4)nc3n2)CC1.O=C([O-])C(F)(F)F.O=C([O-])C(F)(F)F. The van der Waals surface area contributed by atoms with Crippen LogP contribution in [0.3, 0.4) is 0 Å². The number of aromatic nitrogens is 3. The van der Waals surface area contributed by atoms with Crippen LogP contribution in [-0.2, 0) is 16.1 Å². The summed E-state index contributed by atoms with van der Waals surface area (Å²) in [5.74, 6) is -5.02. The van der Waals surface area contributed by atoms with Crippen molar-refractivity contribution in [3.05, 3.63) is 72.3 Å². The predicted octanol–water partition coefficient (Wildman–Crippen LogP) is -0.0356. The minimum Gasteiger partial charge on any atom is -0.542 e. The third-order valence-corrected chi connectivity index (χ3v) is 7.25. The zero-order valence-electron chi connectivity index (χ0n) is 26.6. The highest BCUT2D eigenvalue weighted by molar-refractivity contribution is 5.85. The Morgan fingerprint density at radius 3 is 1.80 bits per heavy atom. The van der Waals surface area contributed by atoms with Crippen LogP contribution in [0.25, 0.3) is 33.7 Å². The summed E-state index contributed by atoms with van der Waals surface area (Å²) in [5.41, 5.74) is 10.6. The standard InChI is InChI=1S/C28H33N7.2C2HF3O2/c1-33(2)14-15-34-16-18-35(19-17-34)25-13-12-24-28(31-25)32-27(23-10-8-21(20-29)9-11-23)26(30-24)22-6-4-3-5-7-22;2*3-2(4,5)1(6)7/h3-13H,14-20,29H2,1-2H3;2*(H,6,7). The van der Waals surface area contributed by atoms with Gasteiger partial charge in [0.25, 0.3) is 0 Å². The zero-order chi connectivity index (χ0) is 36.4. The highest BCUT2D eigenvalue weighted by atomic mass is 19.4. The average molecular weight is 696 g/mol. The van der Waals surface area contributed by atoms with Gasteiger partial charge in [-0.25, -0.2) is 15.0 Å². The number of alkyl halides is 6. The van der Waals surface area contributed by atoms with E-state index in [2.05, 4.69) is 78.2 Å². The molecule has 1 fully saturated rings. The van der Waals surface area contributed by atoms with Crippen molar-refractivity contribution in [3.8, 4) is 22.5 Å². The molecule has 1 aliphatic rings. The molecule has 1 saturated heterocycles. The topological polar surface area (TPSA) is 157 Å². The van der Waals surface area contributed by atoms with Crippen LogP contribution in [0.15, 0.2) is 66.7 Å². The van der Waals surface area contributed by atoms with Gasteiger partial charge in [0.2, 0.25) is 0 Å². The minimum atomic E-state index is -5.19. The second-order valence-electron chi connectivity index (χ2n) is 11.1. The van der Waals surface area contributed by atoms with Gasteiger partial charge in [0.05, 0.1) is 50.7 Å². The number of rotatable bonds is 7. The third kappa shape index (κ3) is 11.7. The Bertz CT molecular complexity index is 1660. The van der Waals surface area contributed by atoms with Gasteiger partial charge < -0.3 is 40.2 Å². The highest BCUT2D eigenvalue weighted by Crippen LogP contribution is 2.31. The van der Waals surface area contributed by atoms with E-state index in [4.69, 9.17) is 34.8 Å². The zero-order valence-corrected chi connectivity index (χ0v) is 26.6. The van der Waals surface area contributed by atoms with Crippen molar-refractivity contribution < 1.29 is 56.8 Å². The van der Waals surface area contributed by atoms with E-state index in [-0.39, 0.29) is 0 Å². The van der Waals surface area contributed by atoms with Gasteiger partial charge in [-0.1, -0.05) is 54.6 Å². The van der Waals surface area contributed by atoms with Crippen LogP contribution in [0.1, 0.15) is 5.56 Å². The first kappa shape index (κ1) is 38.6. The normalized spacial score (nSPS) is 13.7. The lowest BCUT2D eigenvalue weighted by molar-refractivity contribution is -0.900. The molecular weight excluding hydrogens is 660 g/mol. The first-order chi connectivity index (χ1) is 23.0. The number of piperazine rings is 1. The molecule has 3 heterocycles. The molecule has 2 aromatic carbocycles. The lowest BCUT2D eigenvalue weighted by Gasteiger charge is -2.33. The fourth-order valence-electron chi connectivity index (χ4n) is 4.62.